The largest absolute Gasteiger partial charge is 0.480 e. The summed E-state index contributed by atoms with van der Waals surface area (Å²) in [6, 6.07) is 9.52. The number of amides is 1. The van der Waals surface area contributed by atoms with Crippen molar-refractivity contribution in [2.45, 2.75) is 45.1 Å². The van der Waals surface area contributed by atoms with Crippen LogP contribution in [-0.4, -0.2) is 55.3 Å². The van der Waals surface area contributed by atoms with Gasteiger partial charge < -0.3 is 15.3 Å². The number of hydrogen-bond acceptors (Lipinski definition) is 6. The molecule has 1 aliphatic rings. The number of sulfonamides is 1. The fraction of sp³-hybridized carbons (Fsp3) is 0.458. The summed E-state index contributed by atoms with van der Waals surface area (Å²) in [5.74, 6) is -1.43. The number of unbranched alkanes of at least 4 members (excludes halogenated alkanes) is 1. The van der Waals surface area contributed by atoms with Crippen LogP contribution in [-0.2, 0) is 26.0 Å². The van der Waals surface area contributed by atoms with Crippen molar-refractivity contribution in [1.29, 1.82) is 0 Å². The molecule has 1 atom stereocenters. The number of aromatic nitrogens is 1. The molecule has 0 radical (unpaired) electrons. The molecule has 10 heteroatoms. The Kier molecular flexibility index (Phi) is 9.00. The van der Waals surface area contributed by atoms with E-state index >= 15 is 0 Å². The molecule has 3 N–H and O–H groups in total. The van der Waals surface area contributed by atoms with Crippen LogP contribution >= 0.6 is 0 Å². The molecule has 3 rings (SSSR count). The van der Waals surface area contributed by atoms with E-state index in [1.54, 1.807) is 36.7 Å². The minimum atomic E-state index is -3.66. The topological polar surface area (TPSA) is 129 Å². The number of anilines is 2. The van der Waals surface area contributed by atoms with Gasteiger partial charge in [-0.1, -0.05) is 25.5 Å². The number of pyridine rings is 1. The van der Waals surface area contributed by atoms with Crippen LogP contribution in [0.1, 0.15) is 38.2 Å². The van der Waals surface area contributed by atoms with Gasteiger partial charge in [0, 0.05) is 42.8 Å². The van der Waals surface area contributed by atoms with Crippen molar-refractivity contribution >= 4 is 33.3 Å². The number of carbonyl (C=O) groups is 2. The molecule has 1 saturated heterocycles. The van der Waals surface area contributed by atoms with Crippen LogP contribution in [0.3, 0.4) is 0 Å². The lowest BCUT2D eigenvalue weighted by Crippen LogP contribution is -2.43. The number of carboxylic acid groups (broad SMARTS) is 1. The summed E-state index contributed by atoms with van der Waals surface area (Å²) in [5, 5.41) is 12.4. The van der Waals surface area contributed by atoms with E-state index in [2.05, 4.69) is 19.9 Å². The number of nitrogens with zero attached hydrogens (tertiary/aromatic N) is 2. The maximum absolute atomic E-state index is 12.7. The van der Waals surface area contributed by atoms with Gasteiger partial charge in [0.25, 0.3) is 0 Å². The molecule has 0 aliphatic carbocycles. The molecule has 2 aromatic rings. The molecule has 1 aromatic carbocycles. The molecular formula is C24H32N4O5S. The number of benzene rings is 1. The third-order valence-corrected chi connectivity index (χ3v) is 7.41. The average molecular weight is 489 g/mol. The first-order valence-corrected chi connectivity index (χ1v) is 13.2. The predicted octanol–water partition coefficient (Wildman–Crippen LogP) is 2.65. The van der Waals surface area contributed by atoms with Crippen molar-refractivity contribution < 1.29 is 23.1 Å². The first-order chi connectivity index (χ1) is 16.3. The Hall–Kier alpha value is -2.98. The first kappa shape index (κ1) is 25.6. The van der Waals surface area contributed by atoms with Gasteiger partial charge in [0.15, 0.2) is 0 Å². The summed E-state index contributed by atoms with van der Waals surface area (Å²) < 4.78 is 26.5. The molecule has 1 aromatic heterocycles. The molecule has 1 unspecified atom stereocenters. The lowest BCUT2D eigenvalue weighted by atomic mass is 9.95. The molecule has 0 spiro atoms. The molecular weight excluding hydrogens is 456 g/mol. The normalized spacial score (nSPS) is 15.6. The summed E-state index contributed by atoms with van der Waals surface area (Å²) in [4.78, 5) is 30.6. The van der Waals surface area contributed by atoms with Gasteiger partial charge in [0.05, 0.1) is 5.75 Å². The maximum atomic E-state index is 12.7. The van der Waals surface area contributed by atoms with E-state index in [4.69, 9.17) is 0 Å². The van der Waals surface area contributed by atoms with E-state index in [9.17, 15) is 23.1 Å². The maximum Gasteiger partial charge on any atom is 0.322 e. The molecule has 9 nitrogen and oxygen atoms in total. The second kappa shape index (κ2) is 11.9. The zero-order valence-electron chi connectivity index (χ0n) is 19.3. The minimum absolute atomic E-state index is 0.0163. The highest BCUT2D eigenvalue weighted by molar-refractivity contribution is 7.89. The van der Waals surface area contributed by atoms with Gasteiger partial charge in [0.2, 0.25) is 15.9 Å². The Labute approximate surface area is 200 Å². The number of carbonyl (C=O) groups excluding carboxylic acids is 1. The standard InChI is InChI=1S/C24H32N4O5S/c1-2-3-16-34(32,33)27-22(24(30)31)17-18-4-6-20(7-5-18)26-23(29)19-10-14-28(15-11-19)21-8-12-25-13-9-21/h4-9,12-13,19,22,27H,2-3,10-11,14-17H2,1H3,(H,26,29)(H,30,31). The van der Waals surface area contributed by atoms with Crippen LogP contribution < -0.4 is 14.9 Å². The van der Waals surface area contributed by atoms with Gasteiger partial charge in [-0.05, 0) is 55.5 Å². The number of carboxylic acids is 1. The van der Waals surface area contributed by atoms with E-state index < -0.39 is 22.0 Å². The van der Waals surface area contributed by atoms with Crippen LogP contribution in [0.4, 0.5) is 11.4 Å². The Morgan fingerprint density at radius 3 is 2.35 bits per heavy atom. The zero-order chi connectivity index (χ0) is 24.6. The summed E-state index contributed by atoms with van der Waals surface area (Å²) >= 11 is 0. The Morgan fingerprint density at radius 2 is 1.76 bits per heavy atom. The number of rotatable bonds is 11. The summed E-state index contributed by atoms with van der Waals surface area (Å²) in [6.45, 7) is 3.47. The Balaban J connectivity index is 1.52. The van der Waals surface area contributed by atoms with Crippen LogP contribution in [0, 0.1) is 5.92 Å². The van der Waals surface area contributed by atoms with Gasteiger partial charge >= 0.3 is 5.97 Å². The molecule has 34 heavy (non-hydrogen) atoms. The van der Waals surface area contributed by atoms with Gasteiger partial charge in [-0.2, -0.15) is 0 Å². The third kappa shape index (κ3) is 7.53. The van der Waals surface area contributed by atoms with Gasteiger partial charge in [-0.25, -0.2) is 13.1 Å². The Morgan fingerprint density at radius 1 is 1.12 bits per heavy atom. The predicted molar refractivity (Wildman–Crippen MR) is 131 cm³/mol. The van der Waals surface area contributed by atoms with Crippen LogP contribution in [0.5, 0.6) is 0 Å². The van der Waals surface area contributed by atoms with E-state index in [0.29, 0.717) is 24.1 Å². The SMILES string of the molecule is CCCCS(=O)(=O)NC(Cc1ccc(NC(=O)C2CCN(c3ccncc3)CC2)cc1)C(=O)O. The summed E-state index contributed by atoms with van der Waals surface area (Å²) in [5.41, 5.74) is 2.40. The molecule has 1 amide bonds. The molecule has 0 saturated carbocycles. The first-order valence-electron chi connectivity index (χ1n) is 11.5. The quantitative estimate of drug-likeness (QED) is 0.443. The van der Waals surface area contributed by atoms with Crippen LogP contribution in [0.2, 0.25) is 0 Å². The molecule has 2 heterocycles. The highest BCUT2D eigenvalue weighted by Crippen LogP contribution is 2.24. The monoisotopic (exact) mass is 488 g/mol. The smallest absolute Gasteiger partial charge is 0.322 e. The number of nitrogens with one attached hydrogen (secondary N) is 2. The fourth-order valence-corrected chi connectivity index (χ4v) is 5.35. The lowest BCUT2D eigenvalue weighted by Gasteiger charge is -2.32. The third-order valence-electron chi connectivity index (χ3n) is 5.94. The van der Waals surface area contributed by atoms with Gasteiger partial charge in [-0.3, -0.25) is 14.6 Å². The van der Waals surface area contributed by atoms with Crippen LogP contribution in [0.15, 0.2) is 48.8 Å². The van der Waals surface area contributed by atoms with Crippen molar-refractivity contribution in [2.24, 2.45) is 5.92 Å². The van der Waals surface area contributed by atoms with Crippen LogP contribution in [0.25, 0.3) is 0 Å². The molecule has 184 valence electrons. The van der Waals surface area contributed by atoms with Crippen molar-refractivity contribution in [3.05, 3.63) is 54.4 Å². The van der Waals surface area contributed by atoms with E-state index in [0.717, 1.165) is 31.6 Å². The molecule has 1 aliphatic heterocycles. The van der Waals surface area contributed by atoms with Crippen molar-refractivity contribution in [3.63, 3.8) is 0 Å². The van der Waals surface area contributed by atoms with Gasteiger partial charge in [0.1, 0.15) is 6.04 Å². The van der Waals surface area contributed by atoms with Gasteiger partial charge in [-0.15, -0.1) is 0 Å². The second-order valence-corrected chi connectivity index (χ2v) is 10.4. The lowest BCUT2D eigenvalue weighted by molar-refractivity contribution is -0.138. The number of piperidine rings is 1. The minimum Gasteiger partial charge on any atom is -0.480 e. The van der Waals surface area contributed by atoms with Crippen molar-refractivity contribution in [1.82, 2.24) is 9.71 Å². The zero-order valence-corrected chi connectivity index (χ0v) is 20.1. The van der Waals surface area contributed by atoms with E-state index in [-0.39, 0.29) is 24.0 Å². The number of aliphatic carboxylic acids is 1. The number of hydrogen-bond donors (Lipinski definition) is 3. The second-order valence-electron chi connectivity index (χ2n) is 8.54. The summed E-state index contributed by atoms with van der Waals surface area (Å²) in [7, 11) is -3.66. The van der Waals surface area contributed by atoms with E-state index in [1.807, 2.05) is 19.1 Å². The highest BCUT2D eigenvalue weighted by Gasteiger charge is 2.26. The van der Waals surface area contributed by atoms with Crippen molar-refractivity contribution in [3.8, 4) is 0 Å². The Bertz CT molecular complexity index is 1050. The average Bonchev–Trinajstić information content (AvgIpc) is 2.84. The summed E-state index contributed by atoms with van der Waals surface area (Å²) in [6.07, 6.45) is 6.22. The van der Waals surface area contributed by atoms with E-state index in [1.165, 1.54) is 0 Å². The fourth-order valence-electron chi connectivity index (χ4n) is 3.95. The molecule has 0 bridgehead atoms. The van der Waals surface area contributed by atoms with Crippen molar-refractivity contribution in [2.75, 3.05) is 29.1 Å². The molecule has 1 fully saturated rings. The highest BCUT2D eigenvalue weighted by atomic mass is 32.2.